The average Bonchev–Trinajstić information content (AvgIpc) is 3.36. The molecule has 2 aromatic heterocycles. The van der Waals surface area contributed by atoms with Crippen LogP contribution in [-0.4, -0.2) is 34.0 Å². The van der Waals surface area contributed by atoms with Gasteiger partial charge in [0.05, 0.1) is 23.0 Å². The fourth-order valence-electron chi connectivity index (χ4n) is 3.62. The van der Waals surface area contributed by atoms with E-state index in [1.807, 2.05) is 0 Å². The molecule has 144 valence electrons. The Bertz CT molecular complexity index is 1050. The minimum Gasteiger partial charge on any atom is -0.461 e. The molecule has 1 saturated heterocycles. The Hall–Kier alpha value is -3.07. The van der Waals surface area contributed by atoms with Crippen LogP contribution in [0.4, 0.5) is 11.4 Å². The molecule has 0 N–H and O–H groups in total. The number of nitrogens with zero attached hydrogens (tertiary/aromatic N) is 4. The van der Waals surface area contributed by atoms with Crippen LogP contribution in [0.3, 0.4) is 0 Å². The van der Waals surface area contributed by atoms with Crippen LogP contribution in [-0.2, 0) is 4.74 Å². The number of nitro groups is 1. The highest BCUT2D eigenvalue weighted by Gasteiger charge is 2.31. The van der Waals surface area contributed by atoms with Gasteiger partial charge < -0.3 is 9.64 Å². The maximum absolute atomic E-state index is 11.9. The van der Waals surface area contributed by atoms with Crippen LogP contribution in [0.5, 0.6) is 0 Å². The topological polar surface area (TPSA) is 98.5 Å². The first-order valence-electron chi connectivity index (χ1n) is 9.00. The number of anilines is 1. The summed E-state index contributed by atoms with van der Waals surface area (Å²) in [5.41, 5.74) is 1.28. The lowest BCUT2D eigenvalue weighted by molar-refractivity contribution is -0.383. The van der Waals surface area contributed by atoms with Crippen molar-refractivity contribution in [3.8, 4) is 0 Å². The second kappa shape index (κ2) is 7.51. The largest absolute Gasteiger partial charge is 0.461 e. The van der Waals surface area contributed by atoms with Gasteiger partial charge in [0, 0.05) is 41.5 Å². The standard InChI is InChI=1S/C19H18N4O4S/c1-2-27-19(24)14-11-28-18(21-14)17-4-3-9-22(17)15-5-6-16(23(25)26)13-10-20-8-7-12(13)15/h5-8,10-11,17H,2-4,9H2,1H3. The highest BCUT2D eigenvalue weighted by Crippen LogP contribution is 2.42. The number of carbonyl (C=O) groups is 1. The summed E-state index contributed by atoms with van der Waals surface area (Å²) in [6, 6.07) is 5.14. The zero-order chi connectivity index (χ0) is 19.7. The molecule has 0 amide bonds. The van der Waals surface area contributed by atoms with Gasteiger partial charge in [0.15, 0.2) is 5.69 Å². The fraction of sp³-hybridized carbons (Fsp3) is 0.316. The first kappa shape index (κ1) is 18.3. The lowest BCUT2D eigenvalue weighted by atomic mass is 10.1. The van der Waals surface area contributed by atoms with Crippen molar-refractivity contribution in [1.82, 2.24) is 9.97 Å². The van der Waals surface area contributed by atoms with E-state index in [1.54, 1.807) is 30.6 Å². The lowest BCUT2D eigenvalue weighted by Gasteiger charge is -2.26. The number of esters is 1. The number of aromatic nitrogens is 2. The number of pyridine rings is 1. The molecule has 1 atom stereocenters. The van der Waals surface area contributed by atoms with E-state index in [4.69, 9.17) is 4.74 Å². The predicted octanol–water partition coefficient (Wildman–Crippen LogP) is 4.12. The smallest absolute Gasteiger partial charge is 0.357 e. The molecular weight excluding hydrogens is 380 g/mol. The Labute approximate surface area is 164 Å². The average molecular weight is 398 g/mol. The quantitative estimate of drug-likeness (QED) is 0.362. The Balaban J connectivity index is 1.72. The van der Waals surface area contributed by atoms with Gasteiger partial charge in [0.2, 0.25) is 0 Å². The van der Waals surface area contributed by atoms with Crippen molar-refractivity contribution < 1.29 is 14.5 Å². The number of ether oxygens (including phenoxy) is 1. The number of nitro benzene ring substituents is 1. The van der Waals surface area contributed by atoms with Crippen molar-refractivity contribution in [3.63, 3.8) is 0 Å². The number of benzene rings is 1. The molecule has 0 radical (unpaired) electrons. The number of non-ortho nitro benzene ring substituents is 1. The monoisotopic (exact) mass is 398 g/mol. The molecule has 1 unspecified atom stereocenters. The van der Waals surface area contributed by atoms with Crippen molar-refractivity contribution >= 4 is 39.5 Å². The zero-order valence-corrected chi connectivity index (χ0v) is 16.0. The Kier molecular flexibility index (Phi) is 4.91. The molecule has 0 bridgehead atoms. The highest BCUT2D eigenvalue weighted by molar-refractivity contribution is 7.10. The van der Waals surface area contributed by atoms with Gasteiger partial charge in [-0.05, 0) is 31.9 Å². The van der Waals surface area contributed by atoms with Crippen molar-refractivity contribution in [2.45, 2.75) is 25.8 Å². The molecule has 1 aromatic carbocycles. The summed E-state index contributed by atoms with van der Waals surface area (Å²) in [4.78, 5) is 33.7. The molecule has 0 spiro atoms. The van der Waals surface area contributed by atoms with E-state index in [-0.39, 0.29) is 16.7 Å². The number of hydrogen-bond donors (Lipinski definition) is 0. The first-order chi connectivity index (χ1) is 13.6. The van der Waals surface area contributed by atoms with E-state index < -0.39 is 5.97 Å². The third-order valence-electron chi connectivity index (χ3n) is 4.82. The van der Waals surface area contributed by atoms with Crippen molar-refractivity contribution in [2.75, 3.05) is 18.1 Å². The zero-order valence-electron chi connectivity index (χ0n) is 15.2. The van der Waals surface area contributed by atoms with E-state index in [1.165, 1.54) is 23.6 Å². The van der Waals surface area contributed by atoms with Gasteiger partial charge in [-0.15, -0.1) is 11.3 Å². The molecule has 0 saturated carbocycles. The van der Waals surface area contributed by atoms with Gasteiger partial charge in [-0.1, -0.05) is 0 Å². The van der Waals surface area contributed by atoms with Gasteiger partial charge in [-0.2, -0.15) is 0 Å². The molecule has 3 aromatic rings. The number of hydrogen-bond acceptors (Lipinski definition) is 8. The molecule has 3 heterocycles. The maximum Gasteiger partial charge on any atom is 0.357 e. The van der Waals surface area contributed by atoms with Crippen molar-refractivity contribution in [1.29, 1.82) is 0 Å². The third kappa shape index (κ3) is 3.18. The second-order valence-electron chi connectivity index (χ2n) is 6.43. The number of thiazole rings is 1. The lowest BCUT2D eigenvalue weighted by Crippen LogP contribution is -2.23. The highest BCUT2D eigenvalue weighted by atomic mass is 32.1. The van der Waals surface area contributed by atoms with Crippen LogP contribution in [0.1, 0.15) is 41.3 Å². The summed E-state index contributed by atoms with van der Waals surface area (Å²) in [6.07, 6.45) is 5.05. The summed E-state index contributed by atoms with van der Waals surface area (Å²) < 4.78 is 5.03. The summed E-state index contributed by atoms with van der Waals surface area (Å²) in [5, 5.41) is 15.2. The Morgan fingerprint density at radius 1 is 1.39 bits per heavy atom. The summed E-state index contributed by atoms with van der Waals surface area (Å²) in [5.74, 6) is -0.415. The molecule has 0 aliphatic carbocycles. The van der Waals surface area contributed by atoms with E-state index in [2.05, 4.69) is 14.9 Å². The molecular formula is C19H18N4O4S. The number of rotatable bonds is 5. The molecule has 1 aliphatic heterocycles. The maximum atomic E-state index is 11.9. The van der Waals surface area contributed by atoms with Crippen molar-refractivity contribution in [2.24, 2.45) is 0 Å². The fourth-order valence-corrected chi connectivity index (χ4v) is 4.55. The molecule has 1 aliphatic rings. The van der Waals surface area contributed by atoms with Gasteiger partial charge >= 0.3 is 5.97 Å². The normalized spacial score (nSPS) is 16.5. The van der Waals surface area contributed by atoms with Crippen LogP contribution in [0, 0.1) is 10.1 Å². The van der Waals surface area contributed by atoms with Crippen LogP contribution in [0.2, 0.25) is 0 Å². The van der Waals surface area contributed by atoms with E-state index in [0.29, 0.717) is 17.7 Å². The van der Waals surface area contributed by atoms with Gasteiger partial charge in [-0.3, -0.25) is 15.1 Å². The molecule has 9 heteroatoms. The van der Waals surface area contributed by atoms with Crippen molar-refractivity contribution in [3.05, 3.63) is 56.8 Å². The Morgan fingerprint density at radius 2 is 2.25 bits per heavy atom. The second-order valence-corrected chi connectivity index (χ2v) is 7.31. The van der Waals surface area contributed by atoms with Crippen LogP contribution < -0.4 is 4.90 Å². The summed E-state index contributed by atoms with van der Waals surface area (Å²) in [7, 11) is 0. The SMILES string of the molecule is CCOC(=O)c1csc(C2CCCN2c2ccc([N+](=O)[O-])c3cnccc23)n1. The van der Waals surface area contributed by atoms with E-state index in [9.17, 15) is 14.9 Å². The number of carbonyl (C=O) groups excluding carboxylic acids is 1. The molecule has 8 nitrogen and oxygen atoms in total. The first-order valence-corrected chi connectivity index (χ1v) is 9.88. The van der Waals surface area contributed by atoms with E-state index in [0.717, 1.165) is 35.5 Å². The van der Waals surface area contributed by atoms with Gasteiger partial charge in [0.1, 0.15) is 5.01 Å². The van der Waals surface area contributed by atoms with E-state index >= 15 is 0 Å². The Morgan fingerprint density at radius 3 is 3.04 bits per heavy atom. The third-order valence-corrected chi connectivity index (χ3v) is 5.77. The number of fused-ring (bicyclic) bond motifs is 1. The van der Waals surface area contributed by atoms with Gasteiger partial charge in [-0.25, -0.2) is 9.78 Å². The van der Waals surface area contributed by atoms with Crippen LogP contribution in [0.25, 0.3) is 10.8 Å². The van der Waals surface area contributed by atoms with Crippen LogP contribution >= 0.6 is 11.3 Å². The predicted molar refractivity (Wildman–Crippen MR) is 106 cm³/mol. The molecule has 28 heavy (non-hydrogen) atoms. The molecule has 1 fully saturated rings. The minimum absolute atomic E-state index is 0.0194. The van der Waals surface area contributed by atoms with Gasteiger partial charge in [0.25, 0.3) is 5.69 Å². The van der Waals surface area contributed by atoms with Crippen LogP contribution in [0.15, 0.2) is 36.0 Å². The molecule has 4 rings (SSSR count). The summed E-state index contributed by atoms with van der Waals surface area (Å²) in [6.45, 7) is 2.89. The minimum atomic E-state index is -0.415. The summed E-state index contributed by atoms with van der Waals surface area (Å²) >= 11 is 1.44.